The molecule has 0 saturated heterocycles. The van der Waals surface area contributed by atoms with Gasteiger partial charge < -0.3 is 14.9 Å². The fourth-order valence-electron chi connectivity index (χ4n) is 3.98. The number of amides is 1. The average molecular weight is 486 g/mol. The number of nitrogens with zero attached hydrogens (tertiary/aromatic N) is 3. The number of hydrogen-bond acceptors (Lipinski definition) is 3. The highest BCUT2D eigenvalue weighted by atomic mass is 35.5. The zero-order chi connectivity index (χ0) is 24.2. The summed E-state index contributed by atoms with van der Waals surface area (Å²) in [6, 6.07) is 10.7. The molecule has 1 amide bonds. The maximum absolute atomic E-state index is 14.1. The Balaban J connectivity index is 1.60. The summed E-state index contributed by atoms with van der Waals surface area (Å²) in [6.07, 6.45) is -1.01. The number of aromatic amines is 1. The van der Waals surface area contributed by atoms with Crippen molar-refractivity contribution in [2.24, 2.45) is 7.05 Å². The highest BCUT2D eigenvalue weighted by Gasteiger charge is 2.41. The predicted molar refractivity (Wildman–Crippen MR) is 123 cm³/mol. The number of pyridine rings is 1. The molecule has 5 rings (SSSR count). The van der Waals surface area contributed by atoms with Crippen LogP contribution in [-0.4, -0.2) is 25.2 Å². The van der Waals surface area contributed by atoms with Crippen LogP contribution in [0.4, 0.5) is 18.9 Å². The molecular weight excluding hydrogens is 471 g/mol. The first-order chi connectivity index (χ1) is 16.1. The minimum absolute atomic E-state index is 0.0208. The summed E-state index contributed by atoms with van der Waals surface area (Å²) < 4.78 is 44.9. The van der Waals surface area contributed by atoms with E-state index in [4.69, 9.17) is 11.6 Å². The summed E-state index contributed by atoms with van der Waals surface area (Å²) in [4.78, 5) is 27.5. The van der Waals surface area contributed by atoms with E-state index in [-0.39, 0.29) is 22.1 Å². The Morgan fingerprint density at radius 2 is 1.91 bits per heavy atom. The Bertz CT molecular complexity index is 1650. The van der Waals surface area contributed by atoms with Crippen molar-refractivity contribution in [2.75, 3.05) is 5.32 Å². The summed E-state index contributed by atoms with van der Waals surface area (Å²) in [5.74, 6) is -0.983. The summed E-state index contributed by atoms with van der Waals surface area (Å²) >= 11 is 6.20. The average Bonchev–Trinajstić information content (AvgIpc) is 3.35. The van der Waals surface area contributed by atoms with Crippen molar-refractivity contribution in [3.8, 4) is 5.69 Å². The molecule has 0 aliphatic carbocycles. The fraction of sp³-hybridized carbons (Fsp3) is 0.0870. The lowest BCUT2D eigenvalue weighted by atomic mass is 10.1. The van der Waals surface area contributed by atoms with E-state index in [2.05, 4.69) is 15.4 Å². The summed E-state index contributed by atoms with van der Waals surface area (Å²) in [5, 5.41) is 7.91. The van der Waals surface area contributed by atoms with Crippen molar-refractivity contribution >= 4 is 44.9 Å². The van der Waals surface area contributed by atoms with Gasteiger partial charge in [-0.3, -0.25) is 9.59 Å². The van der Waals surface area contributed by atoms with Crippen molar-refractivity contribution in [1.29, 1.82) is 0 Å². The van der Waals surface area contributed by atoms with Gasteiger partial charge in [0.15, 0.2) is 5.69 Å². The van der Waals surface area contributed by atoms with Crippen LogP contribution in [0.25, 0.3) is 27.4 Å². The molecule has 0 bridgehead atoms. The first kappa shape index (κ1) is 21.8. The predicted octanol–water partition coefficient (Wildman–Crippen LogP) is 5.13. The van der Waals surface area contributed by atoms with E-state index in [1.54, 1.807) is 36.0 Å². The smallest absolute Gasteiger partial charge is 0.349 e. The van der Waals surface area contributed by atoms with E-state index in [0.717, 1.165) is 11.7 Å². The van der Waals surface area contributed by atoms with Crippen molar-refractivity contribution in [1.82, 2.24) is 19.3 Å². The number of alkyl halides is 3. The van der Waals surface area contributed by atoms with Gasteiger partial charge in [-0.2, -0.15) is 18.3 Å². The topological polar surface area (TPSA) is 84.7 Å². The largest absolute Gasteiger partial charge is 0.434 e. The number of aromatic nitrogens is 4. The number of hydrogen-bond donors (Lipinski definition) is 2. The Morgan fingerprint density at radius 3 is 2.68 bits per heavy atom. The van der Waals surface area contributed by atoms with Gasteiger partial charge in [0, 0.05) is 46.8 Å². The van der Waals surface area contributed by atoms with Crippen molar-refractivity contribution < 1.29 is 18.0 Å². The Kier molecular flexibility index (Phi) is 4.98. The number of nitrogens with one attached hydrogen (secondary N) is 2. The first-order valence-electron chi connectivity index (χ1n) is 9.97. The molecule has 0 radical (unpaired) electrons. The second-order valence-electron chi connectivity index (χ2n) is 7.64. The van der Waals surface area contributed by atoms with E-state index >= 15 is 0 Å². The molecule has 0 fully saturated rings. The van der Waals surface area contributed by atoms with Gasteiger partial charge in [-0.1, -0.05) is 17.7 Å². The molecule has 172 valence electrons. The third kappa shape index (κ3) is 3.52. The van der Waals surface area contributed by atoms with Crippen molar-refractivity contribution in [3.05, 3.63) is 87.7 Å². The maximum Gasteiger partial charge on any atom is 0.434 e. The molecule has 3 heterocycles. The Labute approximate surface area is 194 Å². The fourth-order valence-corrected chi connectivity index (χ4v) is 4.28. The second-order valence-corrected chi connectivity index (χ2v) is 8.04. The maximum atomic E-state index is 14.1. The van der Waals surface area contributed by atoms with Crippen LogP contribution in [0, 0.1) is 0 Å². The number of fused-ring (bicyclic) bond motifs is 2. The summed E-state index contributed by atoms with van der Waals surface area (Å²) in [7, 11) is 1.80. The van der Waals surface area contributed by atoms with Crippen LogP contribution in [0.5, 0.6) is 0 Å². The van der Waals surface area contributed by atoms with Gasteiger partial charge in [0.2, 0.25) is 0 Å². The first-order valence-corrected chi connectivity index (χ1v) is 10.3. The number of carbonyl (C=O) groups is 1. The lowest BCUT2D eigenvalue weighted by molar-refractivity contribution is -0.143. The van der Waals surface area contributed by atoms with Gasteiger partial charge in [0.05, 0.1) is 22.5 Å². The number of H-pyrrole nitrogens is 1. The van der Waals surface area contributed by atoms with E-state index in [9.17, 15) is 22.8 Å². The van der Waals surface area contributed by atoms with Crippen molar-refractivity contribution in [3.63, 3.8) is 0 Å². The highest BCUT2D eigenvalue weighted by molar-refractivity contribution is 6.35. The molecular formula is C23H15ClF3N5O2. The van der Waals surface area contributed by atoms with Crippen molar-refractivity contribution in [2.45, 2.75) is 6.18 Å². The van der Waals surface area contributed by atoms with E-state index in [1.165, 1.54) is 30.5 Å². The van der Waals surface area contributed by atoms with Crippen LogP contribution >= 0.6 is 11.6 Å². The third-order valence-electron chi connectivity index (χ3n) is 5.50. The van der Waals surface area contributed by atoms with Gasteiger partial charge in [-0.15, -0.1) is 0 Å². The Morgan fingerprint density at radius 1 is 1.12 bits per heavy atom. The van der Waals surface area contributed by atoms with Crippen LogP contribution in [0.3, 0.4) is 0 Å². The monoisotopic (exact) mass is 485 g/mol. The quantitative estimate of drug-likeness (QED) is 0.371. The molecule has 11 heteroatoms. The summed E-state index contributed by atoms with van der Waals surface area (Å²) in [5.41, 5.74) is -1.26. The minimum atomic E-state index is -4.90. The molecule has 0 aliphatic heterocycles. The van der Waals surface area contributed by atoms with Crippen LogP contribution in [0.1, 0.15) is 16.1 Å². The molecule has 2 N–H and O–H groups in total. The molecule has 0 atom stereocenters. The molecule has 0 unspecified atom stereocenters. The van der Waals surface area contributed by atoms with Crippen LogP contribution in [-0.2, 0) is 13.2 Å². The molecule has 5 aromatic rings. The Hall–Kier alpha value is -4.05. The van der Waals surface area contributed by atoms with Gasteiger partial charge in [-0.25, -0.2) is 4.68 Å². The van der Waals surface area contributed by atoms with Gasteiger partial charge >= 0.3 is 6.18 Å². The standard InChI is InChI=1S/C23H15ClF3N5O2/c1-31-11-17(24)15-9-12(5-6-18(15)31)30-22(34)16-10-29-32(20(16)23(25,26)27)19-4-2-3-14-13(19)7-8-28-21(14)33/h2-11H,1H3,(H,28,33)(H,30,34). The molecule has 0 aliphatic rings. The normalized spacial score (nSPS) is 11.9. The second kappa shape index (κ2) is 7.77. The summed E-state index contributed by atoms with van der Waals surface area (Å²) in [6.45, 7) is 0. The van der Waals surface area contributed by atoms with Gasteiger partial charge in [-0.05, 0) is 36.4 Å². The minimum Gasteiger partial charge on any atom is -0.349 e. The number of halogens is 4. The molecule has 7 nitrogen and oxygen atoms in total. The number of anilines is 1. The zero-order valence-corrected chi connectivity index (χ0v) is 18.2. The van der Waals surface area contributed by atoms with Gasteiger partial charge in [0.25, 0.3) is 11.5 Å². The number of carbonyl (C=O) groups excluding carboxylic acids is 1. The molecule has 2 aromatic carbocycles. The lowest BCUT2D eigenvalue weighted by Gasteiger charge is -2.14. The molecule has 34 heavy (non-hydrogen) atoms. The molecule has 0 saturated carbocycles. The van der Waals surface area contributed by atoms with Crippen LogP contribution in [0.15, 0.2) is 65.8 Å². The molecule has 0 spiro atoms. The van der Waals surface area contributed by atoms with E-state index in [0.29, 0.717) is 15.1 Å². The van der Waals surface area contributed by atoms with E-state index in [1.807, 2.05) is 0 Å². The highest BCUT2D eigenvalue weighted by Crippen LogP contribution is 2.35. The number of rotatable bonds is 3. The van der Waals surface area contributed by atoms with Crippen LogP contribution in [0.2, 0.25) is 5.02 Å². The third-order valence-corrected chi connectivity index (χ3v) is 5.80. The van der Waals surface area contributed by atoms with Crippen LogP contribution < -0.4 is 10.9 Å². The number of aryl methyl sites for hydroxylation is 1. The zero-order valence-electron chi connectivity index (χ0n) is 17.4. The SMILES string of the molecule is Cn1cc(Cl)c2cc(NC(=O)c3cnn(-c4cccc5c(=O)[nH]ccc45)c3C(F)(F)F)ccc21. The molecule has 3 aromatic heterocycles. The lowest BCUT2D eigenvalue weighted by Crippen LogP contribution is -2.21. The van der Waals surface area contributed by atoms with Gasteiger partial charge in [0.1, 0.15) is 0 Å². The number of benzene rings is 2. The van der Waals surface area contributed by atoms with E-state index < -0.39 is 28.9 Å².